The Hall–Kier alpha value is -3.60. The molecule has 5 nitrogen and oxygen atoms in total. The van der Waals surface area contributed by atoms with Gasteiger partial charge in [0, 0.05) is 29.5 Å². The number of para-hydroxylation sites is 1. The minimum Gasteiger partial charge on any atom is -0.507 e. The van der Waals surface area contributed by atoms with Gasteiger partial charge in [-0.3, -0.25) is 4.79 Å². The van der Waals surface area contributed by atoms with E-state index in [0.29, 0.717) is 6.54 Å². The standard InChI is InChI=1S/C23H21NO4/c1-3-24(20-11-7-4-8-15(20)2)16-12-13-19(21(25)14-16)22(26)17-9-5-6-10-18(17)23(27)28/h4-14,25H,3H2,1-2H3,(H,27,28). The van der Waals surface area contributed by atoms with Crippen molar-refractivity contribution >= 4 is 23.1 Å². The Labute approximate surface area is 163 Å². The van der Waals surface area contributed by atoms with Gasteiger partial charge in [0.1, 0.15) is 5.75 Å². The van der Waals surface area contributed by atoms with Crippen molar-refractivity contribution in [3.8, 4) is 5.75 Å². The number of phenolic OH excluding ortho intramolecular Hbond substituents is 1. The average Bonchev–Trinajstić information content (AvgIpc) is 2.69. The van der Waals surface area contributed by atoms with Gasteiger partial charge in [0.25, 0.3) is 0 Å². The van der Waals surface area contributed by atoms with Gasteiger partial charge in [0.15, 0.2) is 5.78 Å². The number of rotatable bonds is 6. The van der Waals surface area contributed by atoms with Crippen molar-refractivity contribution in [1.82, 2.24) is 0 Å². The Morgan fingerprint density at radius 2 is 1.54 bits per heavy atom. The second-order valence-electron chi connectivity index (χ2n) is 6.41. The minimum absolute atomic E-state index is 0.0456. The number of ketones is 1. The van der Waals surface area contributed by atoms with Crippen LogP contribution < -0.4 is 4.90 Å². The Balaban J connectivity index is 2.00. The maximum absolute atomic E-state index is 12.8. The zero-order chi connectivity index (χ0) is 20.3. The van der Waals surface area contributed by atoms with E-state index in [2.05, 4.69) is 0 Å². The van der Waals surface area contributed by atoms with Crippen LogP contribution >= 0.6 is 0 Å². The van der Waals surface area contributed by atoms with E-state index in [4.69, 9.17) is 0 Å². The maximum atomic E-state index is 12.8. The highest BCUT2D eigenvalue weighted by Crippen LogP contribution is 2.32. The molecule has 0 radical (unpaired) electrons. The Morgan fingerprint density at radius 3 is 2.14 bits per heavy atom. The topological polar surface area (TPSA) is 77.8 Å². The molecular formula is C23H21NO4. The molecule has 0 bridgehead atoms. The van der Waals surface area contributed by atoms with Gasteiger partial charge in [0.05, 0.1) is 11.1 Å². The van der Waals surface area contributed by atoms with Crippen molar-refractivity contribution < 1.29 is 19.8 Å². The molecule has 3 aromatic carbocycles. The molecule has 0 fully saturated rings. The Morgan fingerprint density at radius 1 is 0.893 bits per heavy atom. The van der Waals surface area contributed by atoms with Crippen molar-refractivity contribution in [2.75, 3.05) is 11.4 Å². The molecule has 0 spiro atoms. The molecule has 0 heterocycles. The lowest BCUT2D eigenvalue weighted by Gasteiger charge is -2.25. The lowest BCUT2D eigenvalue weighted by atomic mass is 9.97. The fourth-order valence-electron chi connectivity index (χ4n) is 3.25. The molecule has 5 heteroatoms. The molecule has 142 valence electrons. The summed E-state index contributed by atoms with van der Waals surface area (Å²) in [5.74, 6) is -1.90. The van der Waals surface area contributed by atoms with Crippen molar-refractivity contribution in [1.29, 1.82) is 0 Å². The van der Waals surface area contributed by atoms with Crippen LogP contribution in [0.3, 0.4) is 0 Å². The zero-order valence-electron chi connectivity index (χ0n) is 15.7. The fourth-order valence-corrected chi connectivity index (χ4v) is 3.25. The van der Waals surface area contributed by atoms with Crippen LogP contribution in [0.2, 0.25) is 0 Å². The van der Waals surface area contributed by atoms with E-state index in [-0.39, 0.29) is 22.4 Å². The van der Waals surface area contributed by atoms with Crippen LogP contribution in [0.5, 0.6) is 5.75 Å². The van der Waals surface area contributed by atoms with Gasteiger partial charge >= 0.3 is 5.97 Å². The lowest BCUT2D eigenvalue weighted by molar-refractivity contribution is 0.0692. The van der Waals surface area contributed by atoms with Gasteiger partial charge in [-0.05, 0) is 43.7 Å². The zero-order valence-corrected chi connectivity index (χ0v) is 15.7. The first-order valence-corrected chi connectivity index (χ1v) is 8.97. The average molecular weight is 375 g/mol. The third kappa shape index (κ3) is 3.60. The Kier molecular flexibility index (Phi) is 5.45. The number of phenols is 1. The van der Waals surface area contributed by atoms with Crippen molar-refractivity contribution in [3.63, 3.8) is 0 Å². The van der Waals surface area contributed by atoms with Crippen LogP contribution in [0.1, 0.15) is 38.8 Å². The predicted molar refractivity (Wildman–Crippen MR) is 109 cm³/mol. The lowest BCUT2D eigenvalue weighted by Crippen LogP contribution is -2.17. The van der Waals surface area contributed by atoms with Crippen LogP contribution in [-0.4, -0.2) is 28.5 Å². The summed E-state index contributed by atoms with van der Waals surface area (Å²) < 4.78 is 0. The summed E-state index contributed by atoms with van der Waals surface area (Å²) in [5, 5.41) is 19.8. The number of aromatic hydroxyl groups is 1. The van der Waals surface area contributed by atoms with E-state index in [1.807, 2.05) is 43.0 Å². The molecule has 0 aliphatic heterocycles. The van der Waals surface area contributed by atoms with Gasteiger partial charge in [-0.25, -0.2) is 4.79 Å². The van der Waals surface area contributed by atoms with Crippen molar-refractivity contribution in [2.45, 2.75) is 13.8 Å². The van der Waals surface area contributed by atoms with Gasteiger partial charge in [-0.2, -0.15) is 0 Å². The predicted octanol–water partition coefficient (Wildman–Crippen LogP) is 4.79. The van der Waals surface area contributed by atoms with Gasteiger partial charge in [-0.15, -0.1) is 0 Å². The molecule has 3 rings (SSSR count). The Bertz CT molecular complexity index is 1040. The molecule has 0 aliphatic carbocycles. The summed E-state index contributed by atoms with van der Waals surface area (Å²) in [7, 11) is 0. The monoisotopic (exact) mass is 375 g/mol. The van der Waals surface area contributed by atoms with Gasteiger partial charge < -0.3 is 15.1 Å². The third-order valence-electron chi connectivity index (χ3n) is 4.66. The van der Waals surface area contributed by atoms with E-state index in [0.717, 1.165) is 16.9 Å². The molecule has 0 unspecified atom stereocenters. The van der Waals surface area contributed by atoms with Crippen molar-refractivity contribution in [2.24, 2.45) is 0 Å². The van der Waals surface area contributed by atoms with E-state index < -0.39 is 11.8 Å². The molecule has 0 atom stereocenters. The number of nitrogens with zero attached hydrogens (tertiary/aromatic N) is 1. The second-order valence-corrected chi connectivity index (χ2v) is 6.41. The van der Waals surface area contributed by atoms with E-state index in [9.17, 15) is 19.8 Å². The number of carbonyl (C=O) groups is 2. The number of hydrogen-bond acceptors (Lipinski definition) is 4. The largest absolute Gasteiger partial charge is 0.507 e. The molecule has 28 heavy (non-hydrogen) atoms. The van der Waals surface area contributed by atoms with Gasteiger partial charge in [0.2, 0.25) is 0 Å². The van der Waals surface area contributed by atoms with Crippen LogP contribution in [0.25, 0.3) is 0 Å². The molecule has 0 aliphatic rings. The summed E-state index contributed by atoms with van der Waals surface area (Å²) in [6, 6.07) is 18.7. The molecule has 3 aromatic rings. The molecule has 2 N–H and O–H groups in total. The quantitative estimate of drug-likeness (QED) is 0.606. The highest BCUT2D eigenvalue weighted by molar-refractivity contribution is 6.15. The molecule has 0 saturated heterocycles. The SMILES string of the molecule is CCN(c1ccc(C(=O)c2ccccc2C(=O)O)c(O)c1)c1ccccc1C. The smallest absolute Gasteiger partial charge is 0.336 e. The number of carbonyl (C=O) groups excluding carboxylic acids is 1. The summed E-state index contributed by atoms with van der Waals surface area (Å²) in [6.07, 6.45) is 0. The number of carboxylic acid groups (broad SMARTS) is 1. The summed E-state index contributed by atoms with van der Waals surface area (Å²) in [6.45, 7) is 4.70. The highest BCUT2D eigenvalue weighted by Gasteiger charge is 2.21. The second kappa shape index (κ2) is 7.96. The highest BCUT2D eigenvalue weighted by atomic mass is 16.4. The third-order valence-corrected chi connectivity index (χ3v) is 4.66. The first-order chi connectivity index (χ1) is 13.4. The number of carboxylic acids is 1. The number of aromatic carboxylic acids is 1. The van der Waals surface area contributed by atoms with Gasteiger partial charge in [-0.1, -0.05) is 36.4 Å². The number of benzene rings is 3. The number of hydrogen-bond donors (Lipinski definition) is 2. The van der Waals surface area contributed by atoms with E-state index in [1.54, 1.807) is 18.2 Å². The molecule has 0 aromatic heterocycles. The molecular weight excluding hydrogens is 354 g/mol. The normalized spacial score (nSPS) is 10.5. The van der Waals surface area contributed by atoms with E-state index >= 15 is 0 Å². The van der Waals surface area contributed by atoms with Crippen LogP contribution in [0.4, 0.5) is 11.4 Å². The summed E-state index contributed by atoms with van der Waals surface area (Å²) in [4.78, 5) is 26.3. The van der Waals surface area contributed by atoms with Crippen LogP contribution in [-0.2, 0) is 0 Å². The molecule has 0 saturated carbocycles. The first kappa shape index (κ1) is 19.2. The minimum atomic E-state index is -1.18. The molecule has 0 amide bonds. The van der Waals surface area contributed by atoms with Crippen LogP contribution in [0.15, 0.2) is 66.7 Å². The van der Waals surface area contributed by atoms with Crippen molar-refractivity contribution in [3.05, 3.63) is 89.0 Å². The first-order valence-electron chi connectivity index (χ1n) is 8.97. The summed E-state index contributed by atoms with van der Waals surface area (Å²) >= 11 is 0. The maximum Gasteiger partial charge on any atom is 0.336 e. The van der Waals surface area contributed by atoms with Crippen LogP contribution in [0, 0.1) is 6.92 Å². The number of aryl methyl sites for hydroxylation is 1. The summed E-state index contributed by atoms with van der Waals surface area (Å²) in [5.41, 5.74) is 2.88. The van der Waals surface area contributed by atoms with E-state index in [1.165, 1.54) is 24.3 Å². The fraction of sp³-hybridized carbons (Fsp3) is 0.130. The number of anilines is 2.